The Bertz CT molecular complexity index is 2020. The number of hydrogen-bond donors (Lipinski definition) is 0. The third-order valence-corrected chi connectivity index (χ3v) is 13.6. The number of nitrogens with zero attached hydrogens (tertiary/aromatic N) is 3. The number of pyridine rings is 1. The predicted octanol–water partition coefficient (Wildman–Crippen LogP) is 1.64. The van der Waals surface area contributed by atoms with Crippen LogP contribution in [0.25, 0.3) is 11.5 Å². The molecule has 254 valence electrons. The summed E-state index contributed by atoms with van der Waals surface area (Å²) in [7, 11) is -7.50. The molecule has 4 heterocycles. The van der Waals surface area contributed by atoms with Crippen LogP contribution in [0.1, 0.15) is 18.0 Å². The van der Waals surface area contributed by atoms with E-state index in [1.807, 2.05) is 34.9 Å². The number of oxazole rings is 1. The number of rotatable bonds is 6. The van der Waals surface area contributed by atoms with E-state index in [9.17, 15) is 4.79 Å². The van der Waals surface area contributed by atoms with Crippen LogP contribution in [0.5, 0.6) is 0 Å². The molecule has 0 radical (unpaired) electrons. The van der Waals surface area contributed by atoms with Gasteiger partial charge in [0.05, 0.1) is 0 Å². The number of halogens is 2. The van der Waals surface area contributed by atoms with E-state index in [1.54, 1.807) is 6.07 Å². The van der Waals surface area contributed by atoms with Gasteiger partial charge < -0.3 is 13.9 Å². The summed E-state index contributed by atoms with van der Waals surface area (Å²) in [6, 6.07) is 45.8. The molecule has 2 aliphatic heterocycles. The highest BCUT2D eigenvalue weighted by atomic mass is 35.7. The van der Waals surface area contributed by atoms with Crippen LogP contribution in [0.2, 0.25) is 5.02 Å². The number of hydrogen-bond acceptors (Lipinski definition) is 8. The molecule has 0 saturated carbocycles. The largest absolute Gasteiger partial charge is 0.416 e. The van der Waals surface area contributed by atoms with Crippen molar-refractivity contribution >= 4 is 46.1 Å². The SMILES string of the molecule is O=c1cccc2n1CC1C[C@H]2CN(c2oc(-c3ccc(Cl)cc3)nc2[P+](c2ccccc2)(c2ccccc2)c2ccccc2)C1.[O-][Cl+3]([O-])([O-])[O-]. The molecule has 0 spiro atoms. The lowest BCUT2D eigenvalue weighted by molar-refractivity contribution is -2.00. The molecule has 50 heavy (non-hydrogen) atoms. The second-order valence-electron chi connectivity index (χ2n) is 12.3. The van der Waals surface area contributed by atoms with Crippen molar-refractivity contribution in [2.75, 3.05) is 18.0 Å². The number of anilines is 1. The van der Waals surface area contributed by atoms with E-state index in [0.717, 1.165) is 42.1 Å². The van der Waals surface area contributed by atoms with Crippen molar-refractivity contribution in [3.63, 3.8) is 0 Å². The Morgan fingerprint density at radius 1 is 0.700 bits per heavy atom. The van der Waals surface area contributed by atoms with Gasteiger partial charge in [-0.05, 0) is 79.1 Å². The van der Waals surface area contributed by atoms with E-state index in [-0.39, 0.29) is 11.5 Å². The van der Waals surface area contributed by atoms with Gasteiger partial charge in [0.15, 0.2) is 7.26 Å². The molecule has 1 unspecified atom stereocenters. The van der Waals surface area contributed by atoms with Gasteiger partial charge in [0.25, 0.3) is 16.9 Å². The zero-order valence-electron chi connectivity index (χ0n) is 26.7. The fourth-order valence-corrected chi connectivity index (χ4v) is 11.6. The summed E-state index contributed by atoms with van der Waals surface area (Å²) in [5.41, 5.74) is 3.04. The summed E-state index contributed by atoms with van der Waals surface area (Å²) in [5.74, 6) is 1.94. The minimum absolute atomic E-state index is 0.0863. The van der Waals surface area contributed by atoms with Crippen LogP contribution in [0.15, 0.2) is 143 Å². The first kappa shape index (κ1) is 34.2. The van der Waals surface area contributed by atoms with Crippen LogP contribution in [0, 0.1) is 16.2 Å². The second-order valence-corrected chi connectivity index (χ2v) is 16.8. The van der Waals surface area contributed by atoms with Gasteiger partial charge in [-0.2, -0.15) is 4.98 Å². The Kier molecular flexibility index (Phi) is 9.65. The molecule has 9 nitrogen and oxygen atoms in total. The molecular formula is C38H32Cl2N3O6P. The molecule has 0 amide bonds. The summed E-state index contributed by atoms with van der Waals surface area (Å²) < 4.78 is 42.9. The zero-order valence-corrected chi connectivity index (χ0v) is 29.1. The fraction of sp³-hybridized carbons (Fsp3) is 0.158. The molecule has 1 saturated heterocycles. The summed E-state index contributed by atoms with van der Waals surface area (Å²) in [6.07, 6.45) is 1.06. The highest BCUT2D eigenvalue weighted by molar-refractivity contribution is 8.01. The van der Waals surface area contributed by atoms with Crippen molar-refractivity contribution in [3.8, 4) is 11.5 Å². The van der Waals surface area contributed by atoms with Crippen molar-refractivity contribution in [1.82, 2.24) is 9.55 Å². The van der Waals surface area contributed by atoms with Crippen molar-refractivity contribution in [3.05, 3.63) is 155 Å². The lowest BCUT2D eigenvalue weighted by atomic mass is 9.83. The Hall–Kier alpha value is -4.31. The molecule has 12 heteroatoms. The van der Waals surface area contributed by atoms with Gasteiger partial charge in [-0.25, -0.2) is 18.6 Å². The summed E-state index contributed by atoms with van der Waals surface area (Å²) >= 11 is 6.30. The molecule has 0 aliphatic carbocycles. The van der Waals surface area contributed by atoms with Gasteiger partial charge in [-0.15, -0.1) is 10.2 Å². The zero-order chi connectivity index (χ0) is 34.9. The lowest BCUT2D eigenvalue weighted by Gasteiger charge is -2.42. The molecule has 2 aromatic heterocycles. The van der Waals surface area contributed by atoms with E-state index < -0.39 is 17.5 Å². The molecule has 1 fully saturated rings. The summed E-state index contributed by atoms with van der Waals surface area (Å²) in [4.78, 5) is 20.7. The van der Waals surface area contributed by atoms with Crippen LogP contribution in [0.3, 0.4) is 0 Å². The standard InChI is InChI=1S/C38H32ClN3O2P.ClHO4/c39-30-21-19-28(20-22-30)36-40-37(38(44-36)41-24-27-23-29(26-41)34-17-10-18-35(43)42(34)25-27)45(31-11-4-1-5-12-31,32-13-6-2-7-14-32)33-15-8-3-9-16-33;2-1(3,4)5/h1-22,27,29H,23-26H2;(H,2,3,4,5)/q+1;/p-1/t27?,29-;/m0./s1. The molecule has 2 atom stereocenters. The maximum Gasteiger partial charge on any atom is 0.262 e. The molecular weight excluding hydrogens is 696 g/mol. The van der Waals surface area contributed by atoms with E-state index >= 15 is 0 Å². The molecule has 0 N–H and O–H groups in total. The van der Waals surface area contributed by atoms with Gasteiger partial charge in [-0.1, -0.05) is 72.3 Å². The Morgan fingerprint density at radius 2 is 1.24 bits per heavy atom. The minimum Gasteiger partial charge on any atom is -0.416 e. The van der Waals surface area contributed by atoms with Crippen molar-refractivity contribution < 1.29 is 33.3 Å². The van der Waals surface area contributed by atoms with Crippen LogP contribution >= 0.6 is 18.9 Å². The maximum absolute atomic E-state index is 12.8. The first-order valence-electron chi connectivity index (χ1n) is 16.0. The maximum atomic E-state index is 12.8. The number of aromatic nitrogens is 2. The predicted molar refractivity (Wildman–Crippen MR) is 185 cm³/mol. The van der Waals surface area contributed by atoms with E-state index in [0.29, 0.717) is 23.4 Å². The molecule has 6 aromatic rings. The van der Waals surface area contributed by atoms with Crippen LogP contribution in [-0.4, -0.2) is 22.6 Å². The minimum atomic E-state index is -4.94. The molecule has 2 bridgehead atoms. The highest BCUT2D eigenvalue weighted by Crippen LogP contribution is 2.56. The quantitative estimate of drug-likeness (QED) is 0.236. The smallest absolute Gasteiger partial charge is 0.262 e. The Morgan fingerprint density at radius 3 is 1.78 bits per heavy atom. The van der Waals surface area contributed by atoms with Gasteiger partial charge in [-0.3, -0.25) is 4.79 Å². The third kappa shape index (κ3) is 6.87. The number of piperidine rings is 1. The van der Waals surface area contributed by atoms with Crippen LogP contribution in [-0.2, 0) is 6.54 Å². The lowest BCUT2D eigenvalue weighted by Crippen LogP contribution is -2.68. The Balaban J connectivity index is 0.000000734. The average molecular weight is 729 g/mol. The average Bonchev–Trinajstić information content (AvgIpc) is 3.56. The van der Waals surface area contributed by atoms with Gasteiger partial charge in [0, 0.05) is 47.9 Å². The normalized spacial score (nSPS) is 17.0. The van der Waals surface area contributed by atoms with Crippen LogP contribution < -0.4 is 50.4 Å². The molecule has 2 aliphatic rings. The Labute approximate surface area is 296 Å². The number of benzene rings is 4. The summed E-state index contributed by atoms with van der Waals surface area (Å²) in [6.45, 7) is 2.25. The summed E-state index contributed by atoms with van der Waals surface area (Å²) in [5, 5.41) is 4.32. The second kappa shape index (κ2) is 14.1. The molecule has 8 rings (SSSR count). The third-order valence-electron chi connectivity index (χ3n) is 9.20. The van der Waals surface area contributed by atoms with Gasteiger partial charge in [0.2, 0.25) is 5.89 Å². The first-order chi connectivity index (χ1) is 24.1. The van der Waals surface area contributed by atoms with E-state index in [1.165, 1.54) is 15.9 Å². The van der Waals surface area contributed by atoms with E-state index in [4.69, 9.17) is 39.6 Å². The van der Waals surface area contributed by atoms with E-state index in [2.05, 4.69) is 102 Å². The fourth-order valence-electron chi connectivity index (χ4n) is 7.28. The van der Waals surface area contributed by atoms with Gasteiger partial charge in [0.1, 0.15) is 15.9 Å². The van der Waals surface area contributed by atoms with Gasteiger partial charge >= 0.3 is 0 Å². The monoisotopic (exact) mass is 727 g/mol. The van der Waals surface area contributed by atoms with Crippen molar-refractivity contribution in [2.45, 2.75) is 18.9 Å². The first-order valence-corrected chi connectivity index (χ1v) is 19.4. The van der Waals surface area contributed by atoms with Crippen molar-refractivity contribution in [1.29, 1.82) is 0 Å². The number of fused-ring (bicyclic) bond motifs is 4. The molecule has 4 aromatic carbocycles. The van der Waals surface area contributed by atoms with Crippen molar-refractivity contribution in [2.24, 2.45) is 5.92 Å². The topological polar surface area (TPSA) is 144 Å². The highest BCUT2D eigenvalue weighted by Gasteiger charge is 2.54. The van der Waals surface area contributed by atoms with Crippen LogP contribution in [0.4, 0.5) is 5.88 Å².